The van der Waals surface area contributed by atoms with Gasteiger partial charge >= 0.3 is 0 Å². The Hall–Kier alpha value is -1.64. The first-order valence-corrected chi connectivity index (χ1v) is 9.10. The molecule has 8 heteroatoms. The van der Waals surface area contributed by atoms with Crippen LogP contribution in [0.1, 0.15) is 25.0 Å². The first-order chi connectivity index (χ1) is 11.0. The molecule has 1 aliphatic rings. The number of nitrogens with zero attached hydrogens (tertiary/aromatic N) is 1. The van der Waals surface area contributed by atoms with Crippen LogP contribution in [-0.2, 0) is 25.2 Å². The van der Waals surface area contributed by atoms with Crippen molar-refractivity contribution in [3.05, 3.63) is 29.3 Å². The molecule has 0 fully saturated rings. The molecular weight excluding hydrogens is 320 g/mol. The summed E-state index contributed by atoms with van der Waals surface area (Å²) < 4.78 is 43.7. The second kappa shape index (κ2) is 7.76. The van der Waals surface area contributed by atoms with E-state index in [1.54, 1.807) is 18.2 Å². The van der Waals surface area contributed by atoms with Crippen LogP contribution in [0, 0.1) is 0 Å². The Balaban J connectivity index is 2.26. The van der Waals surface area contributed by atoms with Crippen molar-refractivity contribution in [3.63, 3.8) is 0 Å². The molecule has 0 bridgehead atoms. The molecule has 7 nitrogen and oxygen atoms in total. The monoisotopic (exact) mass is 342 g/mol. The van der Waals surface area contributed by atoms with Crippen molar-refractivity contribution in [2.45, 2.75) is 25.7 Å². The minimum absolute atomic E-state index is 0.0478. The largest absolute Gasteiger partial charge is 0.485 e. The third-order valence-corrected chi connectivity index (χ3v) is 4.40. The Labute approximate surface area is 136 Å². The van der Waals surface area contributed by atoms with Crippen LogP contribution in [0.15, 0.2) is 22.6 Å². The maximum absolute atomic E-state index is 11.7. The van der Waals surface area contributed by atoms with Crippen molar-refractivity contribution >= 4 is 15.9 Å². The van der Waals surface area contributed by atoms with Gasteiger partial charge in [-0.1, -0.05) is 12.1 Å². The van der Waals surface area contributed by atoms with Gasteiger partial charge in [-0.05, 0) is 25.5 Å². The molecule has 0 spiro atoms. The van der Waals surface area contributed by atoms with Gasteiger partial charge in [-0.15, -0.1) is 4.40 Å². The minimum atomic E-state index is -3.56. The number of nitrogens with two attached hydrogens (primary N) is 1. The number of ether oxygens (including phenoxy) is 3. The highest BCUT2D eigenvalue weighted by Gasteiger charge is 2.26. The van der Waals surface area contributed by atoms with Gasteiger partial charge < -0.3 is 19.9 Å². The van der Waals surface area contributed by atoms with Gasteiger partial charge in [-0.3, -0.25) is 0 Å². The number of sulfonamides is 1. The molecule has 0 atom stereocenters. The zero-order valence-corrected chi connectivity index (χ0v) is 14.1. The van der Waals surface area contributed by atoms with E-state index in [9.17, 15) is 8.42 Å². The molecule has 1 heterocycles. The topological polar surface area (TPSA) is 100 Å². The molecule has 0 aliphatic carbocycles. The summed E-state index contributed by atoms with van der Waals surface area (Å²) in [6.45, 7) is 5.68. The lowest BCUT2D eigenvalue weighted by Gasteiger charge is -2.23. The molecule has 128 valence electrons. The summed E-state index contributed by atoms with van der Waals surface area (Å²) in [5.74, 6) is 0.262. The molecule has 0 unspecified atom stereocenters. The average molecular weight is 342 g/mol. The van der Waals surface area contributed by atoms with E-state index in [2.05, 4.69) is 4.40 Å². The molecule has 2 N–H and O–H groups in total. The Morgan fingerprint density at radius 3 is 2.48 bits per heavy atom. The smallest absolute Gasteiger partial charge is 0.259 e. The van der Waals surface area contributed by atoms with Crippen molar-refractivity contribution in [2.24, 2.45) is 10.1 Å². The average Bonchev–Trinajstić information content (AvgIpc) is 2.48. The Kier molecular flexibility index (Phi) is 5.97. The molecule has 0 radical (unpaired) electrons. The molecule has 1 aliphatic heterocycles. The molecular formula is C15H22N2O5S. The van der Waals surface area contributed by atoms with Crippen LogP contribution in [0.4, 0.5) is 0 Å². The van der Waals surface area contributed by atoms with Gasteiger partial charge in [-0.2, -0.15) is 0 Å². The molecule has 0 saturated carbocycles. The van der Waals surface area contributed by atoms with Gasteiger partial charge in [0.1, 0.15) is 17.7 Å². The van der Waals surface area contributed by atoms with Gasteiger partial charge in [0.05, 0.1) is 24.5 Å². The van der Waals surface area contributed by atoms with E-state index >= 15 is 0 Å². The molecule has 2 rings (SSSR count). The van der Waals surface area contributed by atoms with Crippen LogP contribution in [0.5, 0.6) is 5.75 Å². The van der Waals surface area contributed by atoms with E-state index in [0.29, 0.717) is 43.3 Å². The lowest BCUT2D eigenvalue weighted by molar-refractivity contribution is -0.000352. The fraction of sp³-hybridized carbons (Fsp3) is 0.533. The minimum Gasteiger partial charge on any atom is -0.485 e. The van der Waals surface area contributed by atoms with Gasteiger partial charge in [0, 0.05) is 13.2 Å². The van der Waals surface area contributed by atoms with Crippen molar-refractivity contribution in [1.82, 2.24) is 0 Å². The van der Waals surface area contributed by atoms with Gasteiger partial charge in [0.15, 0.2) is 0 Å². The third kappa shape index (κ3) is 4.66. The number of amidine groups is 1. The summed E-state index contributed by atoms with van der Waals surface area (Å²) in [7, 11) is -3.56. The number of hydrogen-bond donors (Lipinski definition) is 1. The van der Waals surface area contributed by atoms with Crippen molar-refractivity contribution < 1.29 is 22.6 Å². The Bertz CT molecular complexity index is 664. The van der Waals surface area contributed by atoms with Crippen molar-refractivity contribution in [1.29, 1.82) is 0 Å². The quantitative estimate of drug-likeness (QED) is 0.758. The fourth-order valence-corrected chi connectivity index (χ4v) is 3.39. The second-order valence-corrected chi connectivity index (χ2v) is 6.69. The highest BCUT2D eigenvalue weighted by molar-refractivity contribution is 7.89. The van der Waals surface area contributed by atoms with E-state index in [-0.39, 0.29) is 17.7 Å². The lowest BCUT2D eigenvalue weighted by atomic mass is 10.1. The van der Waals surface area contributed by atoms with E-state index in [1.807, 2.05) is 13.8 Å². The molecule has 1 aromatic rings. The lowest BCUT2D eigenvalue weighted by Crippen LogP contribution is -2.31. The zero-order valence-electron chi connectivity index (χ0n) is 13.3. The number of benzene rings is 1. The van der Waals surface area contributed by atoms with E-state index < -0.39 is 10.0 Å². The maximum Gasteiger partial charge on any atom is 0.259 e. The maximum atomic E-state index is 11.7. The van der Waals surface area contributed by atoms with Crippen LogP contribution < -0.4 is 10.5 Å². The molecule has 23 heavy (non-hydrogen) atoms. The number of rotatable bonds is 8. The van der Waals surface area contributed by atoms with E-state index in [0.717, 1.165) is 0 Å². The predicted molar refractivity (Wildman–Crippen MR) is 87.2 cm³/mol. The first-order valence-electron chi connectivity index (χ1n) is 7.49. The standard InChI is InChI=1S/C15H22N2O5S/c1-3-20-8-12(9-21-4-2)22-13-7-5-6-11-10-23(18,19)17-15(16)14(11)13/h5-7,12H,3-4,8-10H2,1-2H3,(H2,16,17). The molecule has 1 aromatic carbocycles. The summed E-state index contributed by atoms with van der Waals surface area (Å²) in [5, 5.41) is 0. The van der Waals surface area contributed by atoms with Crippen LogP contribution in [0.25, 0.3) is 0 Å². The second-order valence-electron chi connectivity index (χ2n) is 5.05. The van der Waals surface area contributed by atoms with Crippen LogP contribution in [-0.4, -0.2) is 46.8 Å². The summed E-state index contributed by atoms with van der Waals surface area (Å²) in [5.41, 5.74) is 6.94. The van der Waals surface area contributed by atoms with Crippen molar-refractivity contribution in [2.75, 3.05) is 26.4 Å². The van der Waals surface area contributed by atoms with Gasteiger partial charge in [0.25, 0.3) is 10.0 Å². The molecule has 0 amide bonds. The highest BCUT2D eigenvalue weighted by Crippen LogP contribution is 2.28. The SMILES string of the molecule is CCOCC(COCC)Oc1cccc2c1C(N)=NS(=O)(=O)C2. The normalized spacial score (nSPS) is 16.0. The third-order valence-electron chi connectivity index (χ3n) is 3.25. The summed E-state index contributed by atoms with van der Waals surface area (Å²) >= 11 is 0. The van der Waals surface area contributed by atoms with E-state index in [1.165, 1.54) is 0 Å². The Morgan fingerprint density at radius 1 is 1.22 bits per heavy atom. The first kappa shape index (κ1) is 17.7. The summed E-state index contributed by atoms with van der Waals surface area (Å²) in [6, 6.07) is 5.19. The van der Waals surface area contributed by atoms with Crippen LogP contribution >= 0.6 is 0 Å². The fourth-order valence-electron chi connectivity index (χ4n) is 2.30. The summed E-state index contributed by atoms with van der Waals surface area (Å²) in [4.78, 5) is 0. The molecule has 0 saturated heterocycles. The number of hydrogen-bond acceptors (Lipinski definition) is 6. The van der Waals surface area contributed by atoms with Gasteiger partial charge in [0.2, 0.25) is 0 Å². The Morgan fingerprint density at radius 2 is 1.87 bits per heavy atom. The van der Waals surface area contributed by atoms with Crippen molar-refractivity contribution in [3.8, 4) is 5.75 Å². The van der Waals surface area contributed by atoms with Gasteiger partial charge in [-0.25, -0.2) is 8.42 Å². The predicted octanol–water partition coefficient (Wildman–Crippen LogP) is 1.06. The van der Waals surface area contributed by atoms with Crippen LogP contribution in [0.3, 0.4) is 0 Å². The highest BCUT2D eigenvalue weighted by atomic mass is 32.2. The molecule has 0 aromatic heterocycles. The zero-order chi connectivity index (χ0) is 16.9. The van der Waals surface area contributed by atoms with E-state index in [4.69, 9.17) is 19.9 Å². The summed E-state index contributed by atoms with van der Waals surface area (Å²) in [6.07, 6.45) is -0.312. The number of fused-ring (bicyclic) bond motifs is 1. The van der Waals surface area contributed by atoms with Crippen LogP contribution in [0.2, 0.25) is 0 Å².